The van der Waals surface area contributed by atoms with Crippen LogP contribution in [0.3, 0.4) is 0 Å². The highest BCUT2D eigenvalue weighted by Gasteiger charge is 1.95. The first kappa shape index (κ1) is 11.5. The van der Waals surface area contributed by atoms with E-state index in [9.17, 15) is 4.79 Å². The summed E-state index contributed by atoms with van der Waals surface area (Å²) in [5.74, 6) is 0.500. The van der Waals surface area contributed by atoms with Crippen LogP contribution in [-0.2, 0) is 9.53 Å². The monoisotopic (exact) mass is 152 g/mol. The number of ether oxygens (including phenoxy) is 1. The molecule has 0 saturated carbocycles. The Morgan fingerprint density at radius 2 is 2.22 bits per heavy atom. The molecule has 56 valence electrons. The molecule has 9 heavy (non-hydrogen) atoms. The zero-order valence-electron chi connectivity index (χ0n) is 5.79. The quantitative estimate of drug-likeness (QED) is 0.573. The maximum atomic E-state index is 9.60. The summed E-state index contributed by atoms with van der Waals surface area (Å²) >= 11 is 0. The average Bonchev–Trinajstić information content (AvgIpc) is 1.83. The molecule has 0 bridgehead atoms. The Hall–Kier alpha value is -0.240. The highest BCUT2D eigenvalue weighted by atomic mass is 35.5. The summed E-state index contributed by atoms with van der Waals surface area (Å²) in [6, 6.07) is 0. The molecule has 0 radical (unpaired) electrons. The number of carbonyl (C=O) groups is 1. The van der Waals surface area contributed by atoms with Crippen molar-refractivity contribution >= 4 is 18.9 Å². The standard InChI is InChI=1S/C6H12O2.ClH/c1-3-6(2)4-8-5-7;/h5-6H,3-4H2,1-2H3;1H. The van der Waals surface area contributed by atoms with Crippen LogP contribution in [0.4, 0.5) is 0 Å². The Kier molecular flexibility index (Phi) is 9.95. The molecule has 0 amide bonds. The highest BCUT2D eigenvalue weighted by Crippen LogP contribution is 1.98. The number of hydrogen-bond donors (Lipinski definition) is 0. The number of rotatable bonds is 4. The van der Waals surface area contributed by atoms with Crippen LogP contribution in [0.2, 0.25) is 0 Å². The van der Waals surface area contributed by atoms with Gasteiger partial charge in [-0.05, 0) is 5.92 Å². The van der Waals surface area contributed by atoms with E-state index in [-0.39, 0.29) is 12.4 Å². The fourth-order valence-electron chi connectivity index (χ4n) is 0.321. The van der Waals surface area contributed by atoms with Crippen molar-refractivity contribution in [3.05, 3.63) is 0 Å². The molecule has 2 nitrogen and oxygen atoms in total. The lowest BCUT2D eigenvalue weighted by Crippen LogP contribution is -2.02. The van der Waals surface area contributed by atoms with Crippen molar-refractivity contribution in [1.82, 2.24) is 0 Å². The Balaban J connectivity index is 0. The second kappa shape index (κ2) is 7.76. The molecule has 0 aromatic rings. The maximum absolute atomic E-state index is 9.60. The number of carbonyl (C=O) groups excluding carboxylic acids is 1. The molecular formula is C6H13ClO2. The summed E-state index contributed by atoms with van der Waals surface area (Å²) < 4.78 is 4.51. The van der Waals surface area contributed by atoms with Crippen LogP contribution < -0.4 is 0 Å². The Bertz CT molecular complexity index is 66.1. The van der Waals surface area contributed by atoms with E-state index in [0.717, 1.165) is 6.42 Å². The van der Waals surface area contributed by atoms with Crippen LogP contribution in [0.15, 0.2) is 0 Å². The molecule has 0 N–H and O–H groups in total. The highest BCUT2D eigenvalue weighted by molar-refractivity contribution is 5.85. The molecule has 1 atom stereocenters. The van der Waals surface area contributed by atoms with Crippen molar-refractivity contribution in [2.75, 3.05) is 6.61 Å². The van der Waals surface area contributed by atoms with Gasteiger partial charge in [0.1, 0.15) is 0 Å². The van der Waals surface area contributed by atoms with Crippen molar-refractivity contribution in [2.24, 2.45) is 5.92 Å². The van der Waals surface area contributed by atoms with Crippen molar-refractivity contribution in [3.63, 3.8) is 0 Å². The fourth-order valence-corrected chi connectivity index (χ4v) is 0.321. The molecule has 3 heteroatoms. The first-order valence-corrected chi connectivity index (χ1v) is 2.86. The van der Waals surface area contributed by atoms with E-state index in [1.54, 1.807) is 0 Å². The molecule has 1 unspecified atom stereocenters. The third kappa shape index (κ3) is 7.76. The van der Waals surface area contributed by atoms with E-state index in [1.165, 1.54) is 0 Å². The Morgan fingerprint density at radius 3 is 2.56 bits per heavy atom. The number of hydrogen-bond acceptors (Lipinski definition) is 2. The van der Waals surface area contributed by atoms with Crippen LogP contribution >= 0.6 is 12.4 Å². The molecule has 0 saturated heterocycles. The first-order chi connectivity index (χ1) is 3.81. The van der Waals surface area contributed by atoms with Gasteiger partial charge in [0.15, 0.2) is 0 Å². The van der Waals surface area contributed by atoms with E-state index in [4.69, 9.17) is 0 Å². The average molecular weight is 153 g/mol. The van der Waals surface area contributed by atoms with E-state index in [0.29, 0.717) is 19.0 Å². The fraction of sp³-hybridized carbons (Fsp3) is 0.833. The molecule has 0 spiro atoms. The molecule has 0 aliphatic carbocycles. The van der Waals surface area contributed by atoms with Gasteiger partial charge in [0.25, 0.3) is 6.47 Å². The summed E-state index contributed by atoms with van der Waals surface area (Å²) in [4.78, 5) is 9.60. The van der Waals surface area contributed by atoms with Gasteiger partial charge < -0.3 is 4.74 Å². The van der Waals surface area contributed by atoms with Crippen molar-refractivity contribution < 1.29 is 9.53 Å². The SMILES string of the molecule is CCC(C)COC=O.Cl. The van der Waals surface area contributed by atoms with Gasteiger partial charge in [-0.1, -0.05) is 20.3 Å². The molecule has 0 rings (SSSR count). The van der Waals surface area contributed by atoms with Crippen molar-refractivity contribution in [3.8, 4) is 0 Å². The van der Waals surface area contributed by atoms with Gasteiger partial charge in [-0.15, -0.1) is 12.4 Å². The lowest BCUT2D eigenvalue weighted by atomic mass is 10.1. The third-order valence-corrected chi connectivity index (χ3v) is 1.15. The van der Waals surface area contributed by atoms with E-state index >= 15 is 0 Å². The summed E-state index contributed by atoms with van der Waals surface area (Å²) in [5.41, 5.74) is 0. The lowest BCUT2D eigenvalue weighted by Gasteiger charge is -2.03. The van der Waals surface area contributed by atoms with Gasteiger partial charge in [0.2, 0.25) is 0 Å². The third-order valence-electron chi connectivity index (χ3n) is 1.15. The largest absolute Gasteiger partial charge is 0.468 e. The smallest absolute Gasteiger partial charge is 0.293 e. The topological polar surface area (TPSA) is 26.3 Å². The van der Waals surface area contributed by atoms with Gasteiger partial charge in [0.05, 0.1) is 6.61 Å². The van der Waals surface area contributed by atoms with Gasteiger partial charge in [-0.25, -0.2) is 0 Å². The molecule has 0 fully saturated rings. The minimum atomic E-state index is 0. The van der Waals surface area contributed by atoms with E-state index in [2.05, 4.69) is 11.7 Å². The second-order valence-corrected chi connectivity index (χ2v) is 1.94. The summed E-state index contributed by atoms with van der Waals surface area (Å²) in [7, 11) is 0. The molecule has 0 aromatic heterocycles. The molecule has 0 aromatic carbocycles. The number of halogens is 1. The zero-order valence-corrected chi connectivity index (χ0v) is 6.61. The normalized spacial score (nSPS) is 11.3. The summed E-state index contributed by atoms with van der Waals surface area (Å²) in [6.07, 6.45) is 1.06. The Morgan fingerprint density at radius 1 is 1.67 bits per heavy atom. The summed E-state index contributed by atoms with van der Waals surface area (Å²) in [5, 5.41) is 0. The predicted molar refractivity (Wildman–Crippen MR) is 38.7 cm³/mol. The minimum Gasteiger partial charge on any atom is -0.468 e. The van der Waals surface area contributed by atoms with E-state index in [1.807, 2.05) is 6.92 Å². The van der Waals surface area contributed by atoms with Gasteiger partial charge in [-0.3, -0.25) is 4.79 Å². The lowest BCUT2D eigenvalue weighted by molar-refractivity contribution is -0.129. The van der Waals surface area contributed by atoms with Crippen LogP contribution in [0.5, 0.6) is 0 Å². The van der Waals surface area contributed by atoms with Gasteiger partial charge in [-0.2, -0.15) is 0 Å². The summed E-state index contributed by atoms with van der Waals surface area (Å²) in [6.45, 7) is 5.16. The van der Waals surface area contributed by atoms with Crippen LogP contribution in [0, 0.1) is 5.92 Å². The molecular weight excluding hydrogens is 140 g/mol. The first-order valence-electron chi connectivity index (χ1n) is 2.86. The van der Waals surface area contributed by atoms with Gasteiger partial charge >= 0.3 is 0 Å². The van der Waals surface area contributed by atoms with Crippen LogP contribution in [0.25, 0.3) is 0 Å². The Labute approximate surface area is 62.0 Å². The molecule has 0 heterocycles. The minimum absolute atomic E-state index is 0. The maximum Gasteiger partial charge on any atom is 0.293 e. The molecule has 0 aliphatic heterocycles. The zero-order chi connectivity index (χ0) is 6.41. The van der Waals surface area contributed by atoms with E-state index < -0.39 is 0 Å². The molecule has 0 aliphatic rings. The van der Waals surface area contributed by atoms with Crippen LogP contribution in [0.1, 0.15) is 20.3 Å². The van der Waals surface area contributed by atoms with Crippen LogP contribution in [-0.4, -0.2) is 13.1 Å². The van der Waals surface area contributed by atoms with Crippen molar-refractivity contribution in [1.29, 1.82) is 0 Å². The second-order valence-electron chi connectivity index (χ2n) is 1.94. The van der Waals surface area contributed by atoms with Crippen molar-refractivity contribution in [2.45, 2.75) is 20.3 Å². The predicted octanol–water partition coefficient (Wildman–Crippen LogP) is 1.63. The van der Waals surface area contributed by atoms with Gasteiger partial charge in [0, 0.05) is 0 Å².